The van der Waals surface area contributed by atoms with E-state index in [-0.39, 0.29) is 23.4 Å². The van der Waals surface area contributed by atoms with E-state index in [9.17, 15) is 13.2 Å². The summed E-state index contributed by atoms with van der Waals surface area (Å²) in [6, 6.07) is 6.79. The van der Waals surface area contributed by atoms with Crippen molar-refractivity contribution in [2.75, 3.05) is 13.1 Å². The Hall–Kier alpha value is -1.44. The Balaban J connectivity index is 1.76. The van der Waals surface area contributed by atoms with Crippen LogP contribution in [0.15, 0.2) is 29.2 Å². The Bertz CT molecular complexity index is 620. The van der Waals surface area contributed by atoms with Crippen LogP contribution < -0.4 is 15.8 Å². The van der Waals surface area contributed by atoms with Crippen LogP contribution in [0.2, 0.25) is 0 Å². The molecule has 1 amide bonds. The predicted octanol–water partition coefficient (Wildman–Crippen LogP) is 0.907. The number of nitrogens with one attached hydrogen (secondary N) is 2. The maximum atomic E-state index is 12.1. The summed E-state index contributed by atoms with van der Waals surface area (Å²) in [6.07, 6.45) is 3.99. The van der Waals surface area contributed by atoms with Gasteiger partial charge in [0.1, 0.15) is 0 Å². The van der Waals surface area contributed by atoms with Crippen LogP contribution in [0.4, 0.5) is 0 Å². The van der Waals surface area contributed by atoms with E-state index >= 15 is 0 Å². The standard InChI is InChI=1S/C16H25N3O3S/c1-12-2-8-15(9-3-12)23(21,22)19-11-16(20)18-10-13-4-6-14(17)7-5-13/h2-3,8-9,13-14,19H,4-7,10-11,17H2,1H3,(H,18,20). The molecule has 6 nitrogen and oxygen atoms in total. The molecule has 1 aromatic carbocycles. The summed E-state index contributed by atoms with van der Waals surface area (Å²) in [7, 11) is -3.65. The smallest absolute Gasteiger partial charge is 0.241 e. The molecule has 1 fully saturated rings. The summed E-state index contributed by atoms with van der Waals surface area (Å²) < 4.78 is 26.5. The number of hydrogen-bond donors (Lipinski definition) is 3. The fourth-order valence-corrected chi connectivity index (χ4v) is 3.66. The highest BCUT2D eigenvalue weighted by Gasteiger charge is 2.19. The van der Waals surface area contributed by atoms with Gasteiger partial charge in [-0.25, -0.2) is 13.1 Å². The molecule has 0 atom stereocenters. The van der Waals surface area contributed by atoms with Crippen molar-refractivity contribution < 1.29 is 13.2 Å². The molecule has 2 rings (SSSR count). The third-order valence-electron chi connectivity index (χ3n) is 4.23. The van der Waals surface area contributed by atoms with Crippen LogP contribution in [-0.2, 0) is 14.8 Å². The average molecular weight is 339 g/mol. The van der Waals surface area contributed by atoms with Crippen molar-refractivity contribution in [2.24, 2.45) is 11.7 Å². The van der Waals surface area contributed by atoms with Gasteiger partial charge in [0.05, 0.1) is 11.4 Å². The SMILES string of the molecule is Cc1ccc(S(=O)(=O)NCC(=O)NCC2CCC(N)CC2)cc1. The number of carbonyl (C=O) groups is 1. The molecule has 0 spiro atoms. The van der Waals surface area contributed by atoms with Crippen molar-refractivity contribution in [1.29, 1.82) is 0 Å². The Morgan fingerprint density at radius 3 is 2.39 bits per heavy atom. The molecule has 0 heterocycles. The van der Waals surface area contributed by atoms with Crippen LogP contribution in [-0.4, -0.2) is 33.5 Å². The summed E-state index contributed by atoms with van der Waals surface area (Å²) in [6.45, 7) is 2.22. The van der Waals surface area contributed by atoms with Crippen molar-refractivity contribution >= 4 is 15.9 Å². The van der Waals surface area contributed by atoms with Gasteiger partial charge in [-0.2, -0.15) is 0 Å². The summed E-state index contributed by atoms with van der Waals surface area (Å²) in [5.41, 5.74) is 6.83. The van der Waals surface area contributed by atoms with E-state index in [1.165, 1.54) is 12.1 Å². The van der Waals surface area contributed by atoms with Gasteiger partial charge >= 0.3 is 0 Å². The minimum absolute atomic E-state index is 0.164. The van der Waals surface area contributed by atoms with Crippen molar-refractivity contribution in [2.45, 2.75) is 43.5 Å². The van der Waals surface area contributed by atoms with Crippen molar-refractivity contribution in [3.05, 3.63) is 29.8 Å². The topological polar surface area (TPSA) is 101 Å². The van der Waals surface area contributed by atoms with Crippen LogP contribution in [0.3, 0.4) is 0 Å². The number of hydrogen-bond acceptors (Lipinski definition) is 4. The lowest BCUT2D eigenvalue weighted by Crippen LogP contribution is -2.40. The number of carbonyl (C=O) groups excluding carboxylic acids is 1. The monoisotopic (exact) mass is 339 g/mol. The molecular formula is C16H25N3O3S. The number of nitrogens with two attached hydrogens (primary N) is 1. The first-order chi connectivity index (χ1) is 10.9. The lowest BCUT2D eigenvalue weighted by Gasteiger charge is -2.26. The summed E-state index contributed by atoms with van der Waals surface area (Å²) in [5.74, 6) is 0.128. The first kappa shape index (κ1) is 17.9. The molecule has 1 aromatic rings. The second-order valence-corrected chi connectivity index (χ2v) is 7.99. The van der Waals surface area contributed by atoms with Gasteiger partial charge in [-0.05, 0) is 50.7 Å². The molecule has 23 heavy (non-hydrogen) atoms. The molecule has 0 unspecified atom stereocenters. The normalized spacial score (nSPS) is 21.8. The zero-order valence-corrected chi connectivity index (χ0v) is 14.2. The van der Waals surface area contributed by atoms with E-state index in [1.54, 1.807) is 12.1 Å². The lowest BCUT2D eigenvalue weighted by atomic mass is 9.86. The summed E-state index contributed by atoms with van der Waals surface area (Å²) >= 11 is 0. The highest BCUT2D eigenvalue weighted by molar-refractivity contribution is 7.89. The van der Waals surface area contributed by atoms with Gasteiger partial charge < -0.3 is 11.1 Å². The van der Waals surface area contributed by atoms with E-state index in [0.29, 0.717) is 12.5 Å². The Morgan fingerprint density at radius 1 is 1.17 bits per heavy atom. The number of rotatable bonds is 6. The van der Waals surface area contributed by atoms with Crippen LogP contribution in [0.25, 0.3) is 0 Å². The first-order valence-corrected chi connectivity index (χ1v) is 9.44. The molecule has 1 aliphatic carbocycles. The van der Waals surface area contributed by atoms with E-state index in [1.807, 2.05) is 6.92 Å². The minimum Gasteiger partial charge on any atom is -0.355 e. The van der Waals surface area contributed by atoms with E-state index < -0.39 is 10.0 Å². The van der Waals surface area contributed by atoms with Gasteiger partial charge in [0.2, 0.25) is 15.9 Å². The Morgan fingerprint density at radius 2 is 1.78 bits per heavy atom. The van der Waals surface area contributed by atoms with Crippen LogP contribution in [0.5, 0.6) is 0 Å². The minimum atomic E-state index is -3.65. The maximum absolute atomic E-state index is 12.1. The van der Waals surface area contributed by atoms with Gasteiger partial charge in [-0.3, -0.25) is 4.79 Å². The number of amides is 1. The molecule has 0 bridgehead atoms. The highest BCUT2D eigenvalue weighted by atomic mass is 32.2. The zero-order chi connectivity index (χ0) is 16.9. The third kappa shape index (κ3) is 5.60. The fourth-order valence-electron chi connectivity index (χ4n) is 2.67. The molecule has 1 aliphatic rings. The molecular weight excluding hydrogens is 314 g/mol. The van der Waals surface area contributed by atoms with E-state index in [0.717, 1.165) is 31.2 Å². The molecule has 0 aliphatic heterocycles. The highest BCUT2D eigenvalue weighted by Crippen LogP contribution is 2.22. The molecule has 0 aromatic heterocycles. The molecule has 1 saturated carbocycles. The van der Waals surface area contributed by atoms with Gasteiger partial charge in [0.25, 0.3) is 0 Å². The second-order valence-electron chi connectivity index (χ2n) is 6.22. The van der Waals surface area contributed by atoms with Crippen LogP contribution in [0, 0.1) is 12.8 Å². The summed E-state index contributed by atoms with van der Waals surface area (Å²) in [5, 5.41) is 2.79. The van der Waals surface area contributed by atoms with Crippen LogP contribution >= 0.6 is 0 Å². The van der Waals surface area contributed by atoms with Crippen LogP contribution in [0.1, 0.15) is 31.2 Å². The lowest BCUT2D eigenvalue weighted by molar-refractivity contribution is -0.120. The molecule has 0 saturated heterocycles. The van der Waals surface area contributed by atoms with Gasteiger partial charge in [-0.1, -0.05) is 17.7 Å². The van der Waals surface area contributed by atoms with Gasteiger partial charge in [-0.15, -0.1) is 0 Å². The molecule has 128 valence electrons. The van der Waals surface area contributed by atoms with E-state index in [4.69, 9.17) is 5.73 Å². The zero-order valence-electron chi connectivity index (χ0n) is 13.4. The van der Waals surface area contributed by atoms with Gasteiger partial charge in [0.15, 0.2) is 0 Å². The second kappa shape index (κ2) is 7.90. The first-order valence-electron chi connectivity index (χ1n) is 7.95. The van der Waals surface area contributed by atoms with Crippen molar-refractivity contribution in [3.8, 4) is 0 Å². The average Bonchev–Trinajstić information content (AvgIpc) is 2.53. The number of sulfonamides is 1. The Kier molecular flexibility index (Phi) is 6.15. The van der Waals surface area contributed by atoms with Gasteiger partial charge in [0, 0.05) is 12.6 Å². The Labute approximate surface area is 137 Å². The predicted molar refractivity (Wildman–Crippen MR) is 89.3 cm³/mol. The number of aryl methyl sites for hydroxylation is 1. The summed E-state index contributed by atoms with van der Waals surface area (Å²) in [4.78, 5) is 12.0. The van der Waals surface area contributed by atoms with E-state index in [2.05, 4.69) is 10.0 Å². The van der Waals surface area contributed by atoms with Crippen molar-refractivity contribution in [1.82, 2.24) is 10.0 Å². The van der Waals surface area contributed by atoms with Crippen molar-refractivity contribution in [3.63, 3.8) is 0 Å². The fraction of sp³-hybridized carbons (Fsp3) is 0.562. The largest absolute Gasteiger partial charge is 0.355 e. The third-order valence-corrected chi connectivity index (χ3v) is 5.65. The maximum Gasteiger partial charge on any atom is 0.241 e. The molecule has 0 radical (unpaired) electrons. The molecule has 7 heteroatoms. The molecule has 4 N–H and O–H groups in total. The number of benzene rings is 1. The quantitative estimate of drug-likeness (QED) is 0.717.